The Bertz CT molecular complexity index is 882. The third kappa shape index (κ3) is 5.17. The number of aromatic nitrogens is 2. The van der Waals surface area contributed by atoms with Gasteiger partial charge in [0.1, 0.15) is 11.5 Å². The molecule has 6 nitrogen and oxygen atoms in total. The van der Waals surface area contributed by atoms with E-state index in [0.29, 0.717) is 23.8 Å². The Balaban J connectivity index is 1.76. The highest BCUT2D eigenvalue weighted by atomic mass is 19.4. The summed E-state index contributed by atoms with van der Waals surface area (Å²) >= 11 is 0. The fraction of sp³-hybridized carbons (Fsp3) is 0.500. The molecule has 0 saturated carbocycles. The first-order chi connectivity index (χ1) is 14.2. The van der Waals surface area contributed by atoms with Crippen LogP contribution in [0, 0.1) is 11.7 Å². The van der Waals surface area contributed by atoms with Gasteiger partial charge in [-0.3, -0.25) is 9.69 Å². The third-order valence-corrected chi connectivity index (χ3v) is 4.70. The van der Waals surface area contributed by atoms with Crippen molar-refractivity contribution in [1.82, 2.24) is 20.0 Å². The van der Waals surface area contributed by atoms with Gasteiger partial charge in [-0.05, 0) is 18.1 Å². The van der Waals surface area contributed by atoms with Crippen molar-refractivity contribution >= 4 is 5.91 Å². The van der Waals surface area contributed by atoms with Gasteiger partial charge >= 0.3 is 6.18 Å². The van der Waals surface area contributed by atoms with Gasteiger partial charge in [0.25, 0.3) is 5.91 Å². The van der Waals surface area contributed by atoms with Crippen LogP contribution in [0.2, 0.25) is 0 Å². The molecule has 2 aromatic rings. The summed E-state index contributed by atoms with van der Waals surface area (Å²) in [4.78, 5) is 14.7. The van der Waals surface area contributed by atoms with Gasteiger partial charge in [-0.25, -0.2) is 9.07 Å². The normalized spacial score (nSPS) is 18.0. The van der Waals surface area contributed by atoms with E-state index in [2.05, 4.69) is 29.2 Å². The summed E-state index contributed by atoms with van der Waals surface area (Å²) in [6.45, 7) is 6.98. The van der Waals surface area contributed by atoms with Gasteiger partial charge in [-0.15, -0.1) is 0 Å². The predicted octanol–water partition coefficient (Wildman–Crippen LogP) is 3.12. The highest BCUT2D eigenvalue weighted by Gasteiger charge is 2.41. The lowest BCUT2D eigenvalue weighted by molar-refractivity contribution is -0.143. The number of morpholine rings is 1. The molecule has 164 valence electrons. The number of hydrogen-bond donors (Lipinski definition) is 1. The number of rotatable bonds is 6. The number of carbonyl (C=O) groups excluding carboxylic acids is 1. The highest BCUT2D eigenvalue weighted by Crippen LogP contribution is 2.34. The zero-order chi connectivity index (χ0) is 21.9. The van der Waals surface area contributed by atoms with Gasteiger partial charge in [0.15, 0.2) is 5.69 Å². The van der Waals surface area contributed by atoms with Crippen LogP contribution in [-0.2, 0) is 10.9 Å². The molecule has 1 aliphatic rings. The second-order valence-corrected chi connectivity index (χ2v) is 7.62. The van der Waals surface area contributed by atoms with Gasteiger partial charge < -0.3 is 10.1 Å². The molecule has 1 unspecified atom stereocenters. The third-order valence-electron chi connectivity index (χ3n) is 4.70. The van der Waals surface area contributed by atoms with E-state index in [1.54, 1.807) is 0 Å². The lowest BCUT2D eigenvalue weighted by Gasteiger charge is -2.33. The van der Waals surface area contributed by atoms with Crippen LogP contribution in [0.3, 0.4) is 0 Å². The molecular weight excluding hydrogens is 404 g/mol. The second kappa shape index (κ2) is 9.13. The number of benzene rings is 1. The summed E-state index contributed by atoms with van der Waals surface area (Å²) in [5, 5.41) is 6.13. The van der Waals surface area contributed by atoms with Gasteiger partial charge in [-0.2, -0.15) is 18.3 Å². The van der Waals surface area contributed by atoms with Gasteiger partial charge in [-0.1, -0.05) is 26.0 Å². The van der Waals surface area contributed by atoms with Crippen LogP contribution < -0.4 is 5.32 Å². The number of para-hydroxylation sites is 1. The summed E-state index contributed by atoms with van der Waals surface area (Å²) in [6.07, 6.45) is -4.42. The van der Waals surface area contributed by atoms with E-state index in [1.165, 1.54) is 18.2 Å². The Morgan fingerprint density at radius 2 is 2.07 bits per heavy atom. The predicted molar refractivity (Wildman–Crippen MR) is 102 cm³/mol. The van der Waals surface area contributed by atoms with Crippen LogP contribution >= 0.6 is 0 Å². The fourth-order valence-electron chi connectivity index (χ4n) is 3.48. The van der Waals surface area contributed by atoms with Crippen molar-refractivity contribution in [2.24, 2.45) is 5.92 Å². The summed E-state index contributed by atoms with van der Waals surface area (Å²) in [5.74, 6) is -1.34. The maximum absolute atomic E-state index is 14.0. The van der Waals surface area contributed by atoms with Crippen LogP contribution in [0.25, 0.3) is 5.69 Å². The van der Waals surface area contributed by atoms with Crippen molar-refractivity contribution in [2.75, 3.05) is 32.8 Å². The molecule has 1 aromatic heterocycles. The number of alkyl halides is 3. The molecule has 30 heavy (non-hydrogen) atoms. The van der Waals surface area contributed by atoms with Crippen molar-refractivity contribution in [3.8, 4) is 5.69 Å². The highest BCUT2D eigenvalue weighted by molar-refractivity contribution is 5.95. The van der Waals surface area contributed by atoms with E-state index >= 15 is 0 Å². The topological polar surface area (TPSA) is 59.4 Å². The molecule has 10 heteroatoms. The molecule has 3 rings (SSSR count). The standard InChI is InChI=1S/C20H24F4N4O2/c1-13(2)11-27-7-8-30-14(12-27)9-25-19(29)15-10-26-28(18(15)20(22,23)24)17-6-4-3-5-16(17)21/h3-6,10,13-14H,7-9,11-12H2,1-2H3,(H,25,29). The first kappa shape index (κ1) is 22.2. The molecule has 2 heterocycles. The Labute approximate surface area is 171 Å². The van der Waals surface area contributed by atoms with E-state index in [4.69, 9.17) is 4.74 Å². The Morgan fingerprint density at radius 1 is 1.33 bits per heavy atom. The van der Waals surface area contributed by atoms with E-state index in [-0.39, 0.29) is 18.3 Å². The minimum absolute atomic E-state index is 0.0651. The van der Waals surface area contributed by atoms with E-state index < -0.39 is 29.2 Å². The lowest BCUT2D eigenvalue weighted by atomic mass is 10.1. The quantitative estimate of drug-likeness (QED) is 0.719. The number of amides is 1. The van der Waals surface area contributed by atoms with Crippen LogP contribution in [0.5, 0.6) is 0 Å². The average molecular weight is 428 g/mol. The molecule has 1 amide bonds. The minimum atomic E-state index is -4.90. The van der Waals surface area contributed by atoms with Crippen molar-refractivity contribution in [3.63, 3.8) is 0 Å². The molecular formula is C20H24F4N4O2. The monoisotopic (exact) mass is 428 g/mol. The fourth-order valence-corrected chi connectivity index (χ4v) is 3.48. The van der Waals surface area contributed by atoms with Crippen molar-refractivity contribution in [3.05, 3.63) is 47.5 Å². The summed E-state index contributed by atoms with van der Waals surface area (Å²) < 4.78 is 61.1. The Kier molecular flexibility index (Phi) is 6.77. The second-order valence-electron chi connectivity index (χ2n) is 7.62. The number of carbonyl (C=O) groups is 1. The number of nitrogens with zero attached hydrogens (tertiary/aromatic N) is 3. The molecule has 0 spiro atoms. The molecule has 1 N–H and O–H groups in total. The zero-order valence-corrected chi connectivity index (χ0v) is 16.7. The molecule has 1 aliphatic heterocycles. The van der Waals surface area contributed by atoms with Crippen LogP contribution in [-0.4, -0.2) is 59.5 Å². The summed E-state index contributed by atoms with van der Waals surface area (Å²) in [6, 6.07) is 4.94. The SMILES string of the molecule is CC(C)CN1CCOC(CNC(=O)c2cnn(-c3ccccc3F)c2C(F)(F)F)C1. The van der Waals surface area contributed by atoms with Gasteiger partial charge in [0, 0.05) is 26.2 Å². The Hall–Kier alpha value is -2.46. The van der Waals surface area contributed by atoms with Crippen molar-refractivity contribution in [2.45, 2.75) is 26.1 Å². The van der Waals surface area contributed by atoms with Gasteiger partial charge in [0.2, 0.25) is 0 Å². The van der Waals surface area contributed by atoms with Crippen LogP contribution in [0.4, 0.5) is 17.6 Å². The number of nitrogens with one attached hydrogen (secondary N) is 1. The minimum Gasteiger partial charge on any atom is -0.374 e. The number of ether oxygens (including phenoxy) is 1. The molecule has 0 bridgehead atoms. The number of halogens is 4. The lowest BCUT2D eigenvalue weighted by Crippen LogP contribution is -2.48. The van der Waals surface area contributed by atoms with Crippen molar-refractivity contribution in [1.29, 1.82) is 0 Å². The van der Waals surface area contributed by atoms with Gasteiger partial charge in [0.05, 0.1) is 24.5 Å². The molecule has 0 aliphatic carbocycles. The van der Waals surface area contributed by atoms with Crippen LogP contribution in [0.15, 0.2) is 30.5 Å². The molecule has 0 radical (unpaired) electrons. The largest absolute Gasteiger partial charge is 0.434 e. The zero-order valence-electron chi connectivity index (χ0n) is 16.7. The van der Waals surface area contributed by atoms with Crippen LogP contribution in [0.1, 0.15) is 29.9 Å². The van der Waals surface area contributed by atoms with E-state index in [1.807, 2.05) is 0 Å². The Morgan fingerprint density at radius 3 is 2.73 bits per heavy atom. The summed E-state index contributed by atoms with van der Waals surface area (Å²) in [5.41, 5.74) is -2.37. The number of hydrogen-bond acceptors (Lipinski definition) is 4. The molecule has 1 aromatic carbocycles. The molecule has 1 fully saturated rings. The first-order valence-corrected chi connectivity index (χ1v) is 9.69. The molecule has 1 saturated heterocycles. The maximum atomic E-state index is 14.0. The maximum Gasteiger partial charge on any atom is 0.434 e. The molecule has 1 atom stereocenters. The summed E-state index contributed by atoms with van der Waals surface area (Å²) in [7, 11) is 0. The average Bonchev–Trinajstić information content (AvgIpc) is 3.12. The first-order valence-electron chi connectivity index (χ1n) is 9.69. The van der Waals surface area contributed by atoms with Crippen molar-refractivity contribution < 1.29 is 27.1 Å². The smallest absolute Gasteiger partial charge is 0.374 e. The van der Waals surface area contributed by atoms with E-state index in [0.717, 1.165) is 25.4 Å². The van der Waals surface area contributed by atoms with E-state index in [9.17, 15) is 22.4 Å².